The molecular formula is C24H21F3O2. The van der Waals surface area contributed by atoms with Crippen molar-refractivity contribution in [3.05, 3.63) is 88.7 Å². The van der Waals surface area contributed by atoms with Gasteiger partial charge in [0.05, 0.1) is 6.61 Å². The number of benzene rings is 3. The Morgan fingerprint density at radius 2 is 1.72 bits per heavy atom. The van der Waals surface area contributed by atoms with E-state index in [0.717, 1.165) is 18.4 Å². The molecule has 0 bridgehead atoms. The van der Waals surface area contributed by atoms with Crippen molar-refractivity contribution in [3.63, 3.8) is 0 Å². The second-order valence-electron chi connectivity index (χ2n) is 7.14. The van der Waals surface area contributed by atoms with Crippen molar-refractivity contribution in [2.45, 2.75) is 32.5 Å². The zero-order chi connectivity index (χ0) is 20.4. The number of rotatable bonds is 7. The van der Waals surface area contributed by atoms with Gasteiger partial charge in [0.1, 0.15) is 24.3 Å². The standard InChI is InChI=1S/C24H21F3O2/c1-2-3-15-4-5-17(21(25)12-15)13-28-18-8-6-16(7-9-18)19-10-11-20(22-14-29-22)24(27)23(19)26/h4-12,22H,2-3,13-14H2,1H3. The van der Waals surface area contributed by atoms with Crippen molar-refractivity contribution in [2.24, 2.45) is 0 Å². The first kappa shape index (κ1) is 19.5. The fraction of sp³-hybridized carbons (Fsp3) is 0.250. The van der Waals surface area contributed by atoms with Gasteiger partial charge in [-0.3, -0.25) is 0 Å². The molecule has 1 aliphatic rings. The maximum Gasteiger partial charge on any atom is 0.167 e. The van der Waals surface area contributed by atoms with E-state index in [1.54, 1.807) is 48.5 Å². The van der Waals surface area contributed by atoms with Crippen LogP contribution in [0.1, 0.15) is 36.1 Å². The van der Waals surface area contributed by atoms with Gasteiger partial charge in [-0.2, -0.15) is 0 Å². The van der Waals surface area contributed by atoms with Crippen molar-refractivity contribution in [2.75, 3.05) is 6.61 Å². The summed E-state index contributed by atoms with van der Waals surface area (Å²) in [7, 11) is 0. The molecule has 3 aromatic carbocycles. The zero-order valence-corrected chi connectivity index (χ0v) is 16.1. The van der Waals surface area contributed by atoms with Gasteiger partial charge in [0, 0.05) is 16.7 Å². The molecule has 1 aliphatic heterocycles. The molecule has 5 heteroatoms. The summed E-state index contributed by atoms with van der Waals surface area (Å²) in [5, 5.41) is 0. The Morgan fingerprint density at radius 1 is 0.966 bits per heavy atom. The molecule has 1 atom stereocenters. The second-order valence-corrected chi connectivity index (χ2v) is 7.14. The average molecular weight is 398 g/mol. The summed E-state index contributed by atoms with van der Waals surface area (Å²) in [5.74, 6) is -1.52. The quantitative estimate of drug-likeness (QED) is 0.431. The third-order valence-electron chi connectivity index (χ3n) is 5.01. The van der Waals surface area contributed by atoms with Crippen molar-refractivity contribution in [1.82, 2.24) is 0 Å². The molecule has 3 aromatic rings. The minimum atomic E-state index is -0.888. The van der Waals surface area contributed by atoms with Gasteiger partial charge < -0.3 is 9.47 Å². The highest BCUT2D eigenvalue weighted by atomic mass is 19.2. The van der Waals surface area contributed by atoms with Gasteiger partial charge in [-0.1, -0.05) is 49.7 Å². The first-order chi connectivity index (χ1) is 14.1. The number of aryl methyl sites for hydroxylation is 1. The number of epoxide rings is 1. The van der Waals surface area contributed by atoms with Crippen LogP contribution in [-0.2, 0) is 17.8 Å². The maximum absolute atomic E-state index is 14.4. The van der Waals surface area contributed by atoms with E-state index in [2.05, 4.69) is 6.92 Å². The van der Waals surface area contributed by atoms with E-state index < -0.39 is 11.6 Å². The predicted octanol–water partition coefficient (Wildman–Crippen LogP) is 6.37. The van der Waals surface area contributed by atoms with Crippen LogP contribution in [-0.4, -0.2) is 6.61 Å². The zero-order valence-electron chi connectivity index (χ0n) is 16.1. The third kappa shape index (κ3) is 4.30. The van der Waals surface area contributed by atoms with Crippen LogP contribution in [0.4, 0.5) is 13.2 Å². The van der Waals surface area contributed by atoms with Crippen LogP contribution in [0.25, 0.3) is 11.1 Å². The summed E-state index contributed by atoms with van der Waals surface area (Å²) in [6.45, 7) is 2.56. The molecule has 0 saturated carbocycles. The summed E-state index contributed by atoms with van der Waals surface area (Å²) in [6, 6.07) is 14.9. The molecule has 0 amide bonds. The highest BCUT2D eigenvalue weighted by molar-refractivity contribution is 5.65. The molecule has 0 radical (unpaired) electrons. The molecule has 29 heavy (non-hydrogen) atoms. The monoisotopic (exact) mass is 398 g/mol. The predicted molar refractivity (Wildman–Crippen MR) is 105 cm³/mol. The second kappa shape index (κ2) is 8.29. The first-order valence-corrected chi connectivity index (χ1v) is 9.67. The largest absolute Gasteiger partial charge is 0.489 e. The molecule has 0 N–H and O–H groups in total. The van der Waals surface area contributed by atoms with Crippen LogP contribution in [0.3, 0.4) is 0 Å². The molecule has 0 aliphatic carbocycles. The lowest BCUT2D eigenvalue weighted by Crippen LogP contribution is -2.00. The van der Waals surface area contributed by atoms with Crippen molar-refractivity contribution < 1.29 is 22.6 Å². The summed E-state index contributed by atoms with van der Waals surface area (Å²) < 4.78 is 53.5. The van der Waals surface area contributed by atoms with Gasteiger partial charge in [-0.15, -0.1) is 0 Å². The molecule has 1 fully saturated rings. The minimum Gasteiger partial charge on any atom is -0.489 e. The van der Waals surface area contributed by atoms with Crippen LogP contribution >= 0.6 is 0 Å². The summed E-state index contributed by atoms with van der Waals surface area (Å²) in [4.78, 5) is 0. The lowest BCUT2D eigenvalue weighted by atomic mass is 10.0. The Balaban J connectivity index is 1.45. The first-order valence-electron chi connectivity index (χ1n) is 9.67. The molecule has 0 aromatic heterocycles. The fourth-order valence-corrected chi connectivity index (χ4v) is 3.31. The van der Waals surface area contributed by atoms with E-state index in [0.29, 0.717) is 23.5 Å². The Bertz CT molecular complexity index is 1010. The van der Waals surface area contributed by atoms with Gasteiger partial charge in [-0.25, -0.2) is 13.2 Å². The molecule has 1 unspecified atom stereocenters. The summed E-state index contributed by atoms with van der Waals surface area (Å²) >= 11 is 0. The number of hydrogen-bond donors (Lipinski definition) is 0. The Kier molecular flexibility index (Phi) is 5.58. The van der Waals surface area contributed by atoms with Gasteiger partial charge >= 0.3 is 0 Å². The number of hydrogen-bond acceptors (Lipinski definition) is 2. The lowest BCUT2D eigenvalue weighted by molar-refractivity contribution is 0.300. The average Bonchev–Trinajstić information content (AvgIpc) is 3.55. The van der Waals surface area contributed by atoms with Gasteiger partial charge in [0.25, 0.3) is 0 Å². The molecule has 0 spiro atoms. The molecule has 1 saturated heterocycles. The van der Waals surface area contributed by atoms with Crippen LogP contribution in [0.2, 0.25) is 0 Å². The molecule has 1 heterocycles. The SMILES string of the molecule is CCCc1ccc(COc2ccc(-c3ccc(C4CO4)c(F)c3F)cc2)c(F)c1. The van der Waals surface area contributed by atoms with Crippen molar-refractivity contribution in [3.8, 4) is 16.9 Å². The summed E-state index contributed by atoms with van der Waals surface area (Å²) in [6.07, 6.45) is 1.46. The molecule has 2 nitrogen and oxygen atoms in total. The van der Waals surface area contributed by atoms with E-state index in [1.807, 2.05) is 6.07 Å². The smallest absolute Gasteiger partial charge is 0.167 e. The highest BCUT2D eigenvalue weighted by Crippen LogP contribution is 2.36. The third-order valence-corrected chi connectivity index (χ3v) is 5.01. The van der Waals surface area contributed by atoms with Crippen molar-refractivity contribution in [1.29, 1.82) is 0 Å². The minimum absolute atomic E-state index is 0.0939. The topological polar surface area (TPSA) is 21.8 Å². The van der Waals surface area contributed by atoms with Crippen LogP contribution in [0.5, 0.6) is 5.75 Å². The molecule has 150 valence electrons. The van der Waals surface area contributed by atoms with Gasteiger partial charge in [0.2, 0.25) is 0 Å². The lowest BCUT2D eigenvalue weighted by Gasteiger charge is -2.10. The fourth-order valence-electron chi connectivity index (χ4n) is 3.31. The number of halogens is 3. The van der Waals surface area contributed by atoms with E-state index in [4.69, 9.17) is 9.47 Å². The van der Waals surface area contributed by atoms with E-state index in [1.165, 1.54) is 0 Å². The van der Waals surface area contributed by atoms with Gasteiger partial charge in [-0.05, 0) is 35.7 Å². The Labute approximate surface area is 167 Å². The van der Waals surface area contributed by atoms with E-state index >= 15 is 0 Å². The summed E-state index contributed by atoms with van der Waals surface area (Å²) in [5.41, 5.74) is 2.40. The Morgan fingerprint density at radius 3 is 2.38 bits per heavy atom. The van der Waals surface area contributed by atoms with Crippen LogP contribution in [0.15, 0.2) is 54.6 Å². The van der Waals surface area contributed by atoms with Crippen LogP contribution < -0.4 is 4.74 Å². The molecule has 4 rings (SSSR count). The Hall–Kier alpha value is -2.79. The number of ether oxygens (including phenoxy) is 2. The highest BCUT2D eigenvalue weighted by Gasteiger charge is 2.30. The maximum atomic E-state index is 14.4. The van der Waals surface area contributed by atoms with Crippen molar-refractivity contribution >= 4 is 0 Å². The van der Waals surface area contributed by atoms with Gasteiger partial charge in [0.15, 0.2) is 11.6 Å². The van der Waals surface area contributed by atoms with Crippen LogP contribution in [0, 0.1) is 17.5 Å². The van der Waals surface area contributed by atoms with E-state index in [9.17, 15) is 13.2 Å². The normalized spacial score (nSPS) is 15.4. The molecular weight excluding hydrogens is 377 g/mol. The van der Waals surface area contributed by atoms with E-state index in [-0.39, 0.29) is 29.7 Å².